The summed E-state index contributed by atoms with van der Waals surface area (Å²) >= 11 is 1.16. The number of rotatable bonds is 4. The minimum absolute atomic E-state index is 0.152. The van der Waals surface area contributed by atoms with E-state index in [0.717, 1.165) is 33.9 Å². The van der Waals surface area contributed by atoms with Crippen LogP contribution in [-0.4, -0.2) is 30.3 Å². The Morgan fingerprint density at radius 3 is 2.58 bits per heavy atom. The lowest BCUT2D eigenvalue weighted by Gasteiger charge is -2.25. The Kier molecular flexibility index (Phi) is 5.73. The third-order valence-electron chi connectivity index (χ3n) is 4.75. The van der Waals surface area contributed by atoms with Crippen LogP contribution in [0.25, 0.3) is 0 Å². The number of hydrogen-bond acceptors (Lipinski definition) is 5. The molecule has 0 aliphatic carbocycles. The number of anilines is 2. The Morgan fingerprint density at radius 2 is 1.87 bits per heavy atom. The van der Waals surface area contributed by atoms with Gasteiger partial charge in [-0.1, -0.05) is 29.0 Å². The average molecular weight is 465 g/mol. The van der Waals surface area contributed by atoms with Gasteiger partial charge in [-0.05, 0) is 31.2 Å². The molecule has 2 N–H and O–H groups in total. The van der Waals surface area contributed by atoms with Crippen molar-refractivity contribution in [1.29, 1.82) is 0 Å². The summed E-state index contributed by atoms with van der Waals surface area (Å²) in [7, 11) is -3.64. The number of amides is 2. The summed E-state index contributed by atoms with van der Waals surface area (Å²) in [6.07, 6.45) is 0.410. The Morgan fingerprint density at radius 1 is 1.13 bits per heavy atom. The largest absolute Gasteiger partial charge is 0.325 e. The molecule has 2 amide bonds. The van der Waals surface area contributed by atoms with E-state index in [-0.39, 0.29) is 28.8 Å². The average Bonchev–Trinajstić information content (AvgIpc) is 3.11. The number of hydrogen-bond donors (Lipinski definition) is 2. The van der Waals surface area contributed by atoms with Gasteiger partial charge in [-0.3, -0.25) is 5.32 Å². The molecule has 0 saturated carbocycles. The van der Waals surface area contributed by atoms with Gasteiger partial charge in [-0.2, -0.15) is 4.31 Å². The van der Waals surface area contributed by atoms with Gasteiger partial charge >= 0.3 is 6.03 Å². The van der Waals surface area contributed by atoms with Crippen LogP contribution in [0.3, 0.4) is 0 Å². The van der Waals surface area contributed by atoms with Gasteiger partial charge in [0.1, 0.15) is 11.6 Å². The van der Waals surface area contributed by atoms with Crippen molar-refractivity contribution in [2.24, 2.45) is 0 Å². The molecule has 7 nitrogen and oxygen atoms in total. The number of aromatic nitrogens is 1. The standard InChI is InChI=1S/C20H18F2N4O3S2/c1-12-2-5-14(6-3-12)31(28,29)26-9-8-17-18(11-26)30-20(24-17)25-19(27)23-16-7-4-13(21)10-15(16)22/h2-7,10H,8-9,11H2,1H3,(H2,23,24,25,27). The number of nitrogens with one attached hydrogen (secondary N) is 2. The molecule has 4 rings (SSSR count). The third kappa shape index (κ3) is 4.58. The first-order valence-corrected chi connectivity index (χ1v) is 11.6. The highest BCUT2D eigenvalue weighted by Gasteiger charge is 2.30. The van der Waals surface area contributed by atoms with Crippen LogP contribution in [0, 0.1) is 18.6 Å². The highest BCUT2D eigenvalue weighted by Crippen LogP contribution is 2.31. The van der Waals surface area contributed by atoms with Gasteiger partial charge in [0.05, 0.1) is 22.8 Å². The van der Waals surface area contributed by atoms with Gasteiger partial charge in [-0.25, -0.2) is 27.0 Å². The van der Waals surface area contributed by atoms with Crippen LogP contribution < -0.4 is 10.6 Å². The predicted molar refractivity (Wildman–Crippen MR) is 114 cm³/mol. The topological polar surface area (TPSA) is 91.4 Å². The van der Waals surface area contributed by atoms with Crippen molar-refractivity contribution in [2.75, 3.05) is 17.2 Å². The van der Waals surface area contributed by atoms with E-state index in [1.165, 1.54) is 4.31 Å². The van der Waals surface area contributed by atoms with Crippen LogP contribution in [-0.2, 0) is 23.0 Å². The zero-order chi connectivity index (χ0) is 22.2. The predicted octanol–water partition coefficient (Wildman–Crippen LogP) is 4.12. The Balaban J connectivity index is 1.45. The van der Waals surface area contributed by atoms with E-state index in [0.29, 0.717) is 18.2 Å². The molecule has 1 aromatic heterocycles. The molecule has 0 fully saturated rings. The van der Waals surface area contributed by atoms with Crippen molar-refractivity contribution in [1.82, 2.24) is 9.29 Å². The zero-order valence-corrected chi connectivity index (χ0v) is 18.0. The molecule has 0 atom stereocenters. The Bertz CT molecular complexity index is 1240. The summed E-state index contributed by atoms with van der Waals surface area (Å²) < 4.78 is 53.9. The number of urea groups is 1. The number of carbonyl (C=O) groups is 1. The van der Waals surface area contributed by atoms with Crippen LogP contribution in [0.4, 0.5) is 24.4 Å². The van der Waals surface area contributed by atoms with Crippen LogP contribution >= 0.6 is 11.3 Å². The van der Waals surface area contributed by atoms with Crippen molar-refractivity contribution in [3.05, 3.63) is 70.2 Å². The zero-order valence-electron chi connectivity index (χ0n) is 16.4. The van der Waals surface area contributed by atoms with E-state index >= 15 is 0 Å². The number of benzene rings is 2. The van der Waals surface area contributed by atoms with Crippen LogP contribution in [0.2, 0.25) is 0 Å². The molecule has 2 heterocycles. The molecule has 2 aromatic carbocycles. The van der Waals surface area contributed by atoms with Crippen molar-refractivity contribution in [3.8, 4) is 0 Å². The van der Waals surface area contributed by atoms with Gasteiger partial charge in [0, 0.05) is 23.9 Å². The smallest absolute Gasteiger partial charge is 0.305 e. The third-order valence-corrected chi connectivity index (χ3v) is 7.61. The molecule has 1 aliphatic heterocycles. The second kappa shape index (κ2) is 8.33. The summed E-state index contributed by atoms with van der Waals surface area (Å²) in [6.45, 7) is 2.31. The number of aryl methyl sites for hydroxylation is 1. The molecular weight excluding hydrogens is 446 g/mol. The summed E-state index contributed by atoms with van der Waals surface area (Å²) in [6, 6.07) is 8.74. The second-order valence-corrected chi connectivity index (χ2v) is 10.0. The first-order chi connectivity index (χ1) is 14.7. The van der Waals surface area contributed by atoms with E-state index in [9.17, 15) is 22.0 Å². The number of fused-ring (bicyclic) bond motifs is 1. The van der Waals surface area contributed by atoms with Crippen LogP contribution in [0.1, 0.15) is 16.1 Å². The van der Waals surface area contributed by atoms with E-state index in [4.69, 9.17) is 0 Å². The molecule has 11 heteroatoms. The summed E-state index contributed by atoms with van der Waals surface area (Å²) in [5, 5.41) is 5.07. The quantitative estimate of drug-likeness (QED) is 0.608. The maximum Gasteiger partial charge on any atom is 0.325 e. The van der Waals surface area contributed by atoms with Gasteiger partial charge in [0.25, 0.3) is 0 Å². The van der Waals surface area contributed by atoms with E-state index in [2.05, 4.69) is 15.6 Å². The monoisotopic (exact) mass is 464 g/mol. The Hall–Kier alpha value is -2.89. The molecule has 1 aliphatic rings. The normalized spacial score (nSPS) is 14.2. The lowest BCUT2D eigenvalue weighted by atomic mass is 10.2. The molecule has 0 radical (unpaired) electrons. The molecule has 0 bridgehead atoms. The fourth-order valence-corrected chi connectivity index (χ4v) is 5.64. The highest BCUT2D eigenvalue weighted by molar-refractivity contribution is 7.89. The van der Waals surface area contributed by atoms with Gasteiger partial charge in [0.15, 0.2) is 5.13 Å². The van der Waals surface area contributed by atoms with Gasteiger partial charge < -0.3 is 5.32 Å². The maximum absolute atomic E-state index is 13.7. The van der Waals surface area contributed by atoms with Gasteiger partial charge in [-0.15, -0.1) is 0 Å². The molecular formula is C20H18F2N4O3S2. The summed E-state index contributed by atoms with van der Waals surface area (Å²) in [4.78, 5) is 17.4. The minimum Gasteiger partial charge on any atom is -0.305 e. The first-order valence-electron chi connectivity index (χ1n) is 9.31. The summed E-state index contributed by atoms with van der Waals surface area (Å²) in [5.74, 6) is -1.65. The lowest BCUT2D eigenvalue weighted by Crippen LogP contribution is -2.35. The molecule has 162 valence electrons. The molecule has 0 unspecified atom stereocenters. The summed E-state index contributed by atoms with van der Waals surface area (Å²) in [5.41, 5.74) is 1.51. The second-order valence-electron chi connectivity index (χ2n) is 6.99. The minimum atomic E-state index is -3.64. The SMILES string of the molecule is Cc1ccc(S(=O)(=O)N2CCc3nc(NC(=O)Nc4ccc(F)cc4F)sc3C2)cc1. The number of sulfonamides is 1. The Labute approximate surface area is 181 Å². The van der Waals surface area contributed by atoms with Crippen molar-refractivity contribution >= 4 is 38.2 Å². The van der Waals surface area contributed by atoms with Crippen molar-refractivity contribution < 1.29 is 22.0 Å². The van der Waals surface area contributed by atoms with Crippen molar-refractivity contribution in [3.63, 3.8) is 0 Å². The van der Waals surface area contributed by atoms with E-state index in [1.54, 1.807) is 24.3 Å². The number of nitrogens with zero attached hydrogens (tertiary/aromatic N) is 2. The molecule has 3 aromatic rings. The first kappa shape index (κ1) is 21.3. The fourth-order valence-electron chi connectivity index (χ4n) is 3.13. The lowest BCUT2D eigenvalue weighted by molar-refractivity contribution is 0.262. The van der Waals surface area contributed by atoms with Crippen LogP contribution in [0.5, 0.6) is 0 Å². The molecule has 0 spiro atoms. The number of thiazole rings is 1. The van der Waals surface area contributed by atoms with E-state index in [1.807, 2.05) is 6.92 Å². The van der Waals surface area contributed by atoms with Crippen molar-refractivity contribution in [2.45, 2.75) is 24.8 Å². The number of carbonyl (C=O) groups excluding carboxylic acids is 1. The van der Waals surface area contributed by atoms with Gasteiger partial charge in [0.2, 0.25) is 10.0 Å². The highest BCUT2D eigenvalue weighted by atomic mass is 32.2. The van der Waals surface area contributed by atoms with Crippen LogP contribution in [0.15, 0.2) is 47.4 Å². The van der Waals surface area contributed by atoms with E-state index < -0.39 is 27.7 Å². The number of halogens is 2. The molecule has 0 saturated heterocycles. The maximum atomic E-state index is 13.7. The molecule has 31 heavy (non-hydrogen) atoms. The fraction of sp³-hybridized carbons (Fsp3) is 0.200.